The van der Waals surface area contributed by atoms with Crippen molar-refractivity contribution < 1.29 is 9.47 Å². The minimum absolute atomic E-state index is 0.0203. The topological polar surface area (TPSA) is 44.4 Å². The zero-order valence-corrected chi connectivity index (χ0v) is 50.3. The van der Waals surface area contributed by atoms with Gasteiger partial charge in [0, 0.05) is 108 Å². The van der Waals surface area contributed by atoms with Crippen molar-refractivity contribution in [3.63, 3.8) is 0 Å². The maximum absolute atomic E-state index is 6.15. The third kappa shape index (κ3) is 25.4. The Morgan fingerprint density at radius 2 is 0.743 bits per heavy atom. The molecule has 0 radical (unpaired) electrons. The molecule has 0 bridgehead atoms. The number of hydrogen-bond donors (Lipinski definition) is 0. The average Bonchev–Trinajstić information content (AvgIpc) is 3.26. The van der Waals surface area contributed by atoms with Gasteiger partial charge in [0.2, 0.25) is 0 Å². The largest absolute Gasteiger partial charge is 0.377 e. The van der Waals surface area contributed by atoms with E-state index in [1.165, 1.54) is 169 Å². The van der Waals surface area contributed by atoms with Crippen LogP contribution in [-0.4, -0.2) is 211 Å². The van der Waals surface area contributed by atoms with Crippen LogP contribution in [0.25, 0.3) is 0 Å². The third-order valence-corrected chi connectivity index (χ3v) is 16.7. The van der Waals surface area contributed by atoms with Crippen molar-refractivity contribution in [1.82, 2.24) is 39.2 Å². The van der Waals surface area contributed by atoms with Crippen molar-refractivity contribution in [1.29, 1.82) is 0 Å². The average molecular weight is 988 g/mol. The predicted molar refractivity (Wildman–Crippen MR) is 302 cm³/mol. The molecule has 414 valence electrons. The SMILES string of the molecule is CC(C)(C)CCC1CCN(CN2CCN(C(C)(C)C)CC2)CC1.CC(C)(C)CCN1CCN(CC2CCN(C(C)(C)C)CC2)CC1.CC(C)(C)OC1CCC(OCCN2CCN(C(C)(C)C)CC2)CC1. The minimum Gasteiger partial charge on any atom is -0.377 e. The molecule has 0 aromatic rings. The van der Waals surface area contributed by atoms with Crippen LogP contribution in [-0.2, 0) is 9.47 Å². The molecule has 0 atom stereocenters. The molecule has 6 rings (SSSR count). The second-order valence-electron chi connectivity index (χ2n) is 29.6. The highest BCUT2D eigenvalue weighted by Gasteiger charge is 2.32. The lowest BCUT2D eigenvalue weighted by Crippen LogP contribution is -2.55. The normalized spacial score (nSPS) is 25.6. The van der Waals surface area contributed by atoms with Gasteiger partial charge in [-0.1, -0.05) is 41.5 Å². The number of ether oxygens (including phenoxy) is 2. The van der Waals surface area contributed by atoms with Crippen LogP contribution in [0.15, 0.2) is 0 Å². The second-order valence-corrected chi connectivity index (χ2v) is 29.6. The lowest BCUT2D eigenvalue weighted by Gasteiger charge is -2.44. The van der Waals surface area contributed by atoms with Gasteiger partial charge in [0.05, 0.1) is 31.1 Å². The van der Waals surface area contributed by atoms with E-state index in [1.54, 1.807) is 0 Å². The van der Waals surface area contributed by atoms with Gasteiger partial charge in [-0.25, -0.2) is 0 Å². The van der Waals surface area contributed by atoms with Crippen molar-refractivity contribution in [3.05, 3.63) is 0 Å². The first-order chi connectivity index (χ1) is 32.4. The molecule has 0 unspecified atom stereocenters. The monoisotopic (exact) mass is 987 g/mol. The molecule has 1 aliphatic carbocycles. The van der Waals surface area contributed by atoms with E-state index in [9.17, 15) is 0 Å². The van der Waals surface area contributed by atoms with Gasteiger partial charge in [0.15, 0.2) is 0 Å². The number of rotatable bonds is 13. The highest BCUT2D eigenvalue weighted by atomic mass is 16.5. The molecule has 6 fully saturated rings. The van der Waals surface area contributed by atoms with Crippen molar-refractivity contribution >= 4 is 0 Å². The van der Waals surface area contributed by atoms with E-state index in [4.69, 9.17) is 9.47 Å². The fraction of sp³-hybridized carbons (Fsp3) is 1.00. The maximum Gasteiger partial charge on any atom is 0.0602 e. The molecular weight excluding hydrogens is 865 g/mol. The third-order valence-electron chi connectivity index (χ3n) is 16.7. The Labute approximate surface area is 437 Å². The molecule has 0 amide bonds. The Morgan fingerprint density at radius 3 is 1.20 bits per heavy atom. The van der Waals surface area contributed by atoms with Crippen LogP contribution < -0.4 is 0 Å². The van der Waals surface area contributed by atoms with E-state index in [0.29, 0.717) is 39.7 Å². The summed E-state index contributed by atoms with van der Waals surface area (Å²) in [6.45, 7) is 67.4. The molecule has 6 aliphatic rings. The quantitative estimate of drug-likeness (QED) is 0.178. The molecular formula is C60H122N8O2. The molecule has 5 saturated heterocycles. The summed E-state index contributed by atoms with van der Waals surface area (Å²) in [4.78, 5) is 21.2. The van der Waals surface area contributed by atoms with Crippen molar-refractivity contribution in [2.24, 2.45) is 22.7 Å². The number of nitrogens with zero attached hydrogens (tertiary/aromatic N) is 8. The van der Waals surface area contributed by atoms with Crippen molar-refractivity contribution in [2.45, 2.75) is 230 Å². The van der Waals surface area contributed by atoms with Crippen LogP contribution >= 0.6 is 0 Å². The number of likely N-dealkylation sites (tertiary alicyclic amines) is 2. The molecule has 70 heavy (non-hydrogen) atoms. The van der Waals surface area contributed by atoms with Crippen LogP contribution in [0.4, 0.5) is 0 Å². The van der Waals surface area contributed by atoms with Crippen molar-refractivity contribution in [3.8, 4) is 0 Å². The van der Waals surface area contributed by atoms with Crippen LogP contribution in [0.2, 0.25) is 0 Å². The summed E-state index contributed by atoms with van der Waals surface area (Å²) in [5.41, 5.74) is 1.94. The first-order valence-corrected chi connectivity index (χ1v) is 29.6. The van der Waals surface area contributed by atoms with Gasteiger partial charge in [0.1, 0.15) is 0 Å². The van der Waals surface area contributed by atoms with Gasteiger partial charge >= 0.3 is 0 Å². The molecule has 1 saturated carbocycles. The summed E-state index contributed by atoms with van der Waals surface area (Å²) in [6, 6.07) is 0. The molecule has 0 aromatic heterocycles. The van der Waals surface area contributed by atoms with Gasteiger partial charge in [-0.3, -0.25) is 29.4 Å². The van der Waals surface area contributed by atoms with E-state index in [2.05, 4.69) is 164 Å². The fourth-order valence-corrected chi connectivity index (χ4v) is 11.5. The molecule has 5 heterocycles. The Bertz CT molecular complexity index is 1300. The molecule has 0 N–H and O–H groups in total. The zero-order valence-electron chi connectivity index (χ0n) is 50.3. The van der Waals surface area contributed by atoms with Gasteiger partial charge in [0.25, 0.3) is 0 Å². The summed E-state index contributed by atoms with van der Waals surface area (Å²) in [5, 5.41) is 0. The number of hydrogen-bond acceptors (Lipinski definition) is 10. The minimum atomic E-state index is -0.0203. The molecule has 10 nitrogen and oxygen atoms in total. The number of piperazine rings is 3. The fourth-order valence-electron chi connectivity index (χ4n) is 11.5. The molecule has 0 aromatic carbocycles. The van der Waals surface area contributed by atoms with Crippen LogP contribution in [0.5, 0.6) is 0 Å². The highest BCUT2D eigenvalue weighted by molar-refractivity contribution is 4.86. The standard InChI is InChI=1S/2C20H41N3.C20H40N2O2/c1-19(2,3)9-12-21-13-15-22(16-14-21)17-18-7-10-23(11-8-18)20(4,5)6;1-19(2,3)10-7-18-8-11-21(12-9-18)17-22-13-15-23(16-14-22)20(4,5)6;1-19(2,3)22-13-11-21(12-14-22)15-16-23-17-7-9-18(10-8-17)24-20(4,5)6/h2*18H,7-17H2,1-6H3;17-18H,7-16H2,1-6H3. The zero-order chi connectivity index (χ0) is 52.0. The summed E-state index contributed by atoms with van der Waals surface area (Å²) in [7, 11) is 0. The first-order valence-electron chi connectivity index (χ1n) is 29.6. The van der Waals surface area contributed by atoms with Gasteiger partial charge in [-0.05, 0) is 209 Å². The number of piperidine rings is 2. The van der Waals surface area contributed by atoms with Crippen LogP contribution in [0, 0.1) is 22.7 Å². The summed E-state index contributed by atoms with van der Waals surface area (Å²) < 4.78 is 12.2. The molecule has 5 aliphatic heterocycles. The Hall–Kier alpha value is -0.400. The Morgan fingerprint density at radius 1 is 0.357 bits per heavy atom. The van der Waals surface area contributed by atoms with E-state index >= 15 is 0 Å². The van der Waals surface area contributed by atoms with Gasteiger partial charge in [-0.15, -0.1) is 0 Å². The van der Waals surface area contributed by atoms with Crippen LogP contribution in [0.3, 0.4) is 0 Å². The molecule has 10 heteroatoms. The summed E-state index contributed by atoms with van der Waals surface area (Å²) in [6.07, 6.45) is 15.2. The predicted octanol–water partition coefficient (Wildman–Crippen LogP) is 11.0. The maximum atomic E-state index is 6.15. The summed E-state index contributed by atoms with van der Waals surface area (Å²) in [5.74, 6) is 1.90. The van der Waals surface area contributed by atoms with Crippen molar-refractivity contribution in [2.75, 3.05) is 138 Å². The van der Waals surface area contributed by atoms with E-state index in [-0.39, 0.29) is 5.60 Å². The highest BCUT2D eigenvalue weighted by Crippen LogP contribution is 2.30. The Balaban J connectivity index is 0.000000228. The lowest BCUT2D eigenvalue weighted by atomic mass is 9.83. The van der Waals surface area contributed by atoms with Gasteiger partial charge < -0.3 is 19.3 Å². The van der Waals surface area contributed by atoms with E-state index in [0.717, 1.165) is 50.7 Å². The molecule has 0 spiro atoms. The van der Waals surface area contributed by atoms with Gasteiger partial charge in [-0.2, -0.15) is 0 Å². The first kappa shape index (κ1) is 62.1. The summed E-state index contributed by atoms with van der Waals surface area (Å²) >= 11 is 0. The second kappa shape index (κ2) is 28.1. The van der Waals surface area contributed by atoms with E-state index in [1.807, 2.05) is 0 Å². The smallest absolute Gasteiger partial charge is 0.0602 e. The van der Waals surface area contributed by atoms with Crippen LogP contribution in [0.1, 0.15) is 195 Å². The Kier molecular flexibility index (Phi) is 25.0. The van der Waals surface area contributed by atoms with E-state index < -0.39 is 0 Å². The lowest BCUT2D eigenvalue weighted by molar-refractivity contribution is -0.0945.